The molecule has 1 N–H and O–H groups in total. The second-order valence-corrected chi connectivity index (χ2v) is 11.4. The maximum atomic E-state index is 14.8. The fourth-order valence-electron chi connectivity index (χ4n) is 4.31. The molecule has 0 aromatic heterocycles. The summed E-state index contributed by atoms with van der Waals surface area (Å²) in [5, 5.41) is 14.2. The van der Waals surface area contributed by atoms with Crippen LogP contribution < -0.4 is 14.4 Å². The van der Waals surface area contributed by atoms with Crippen LogP contribution in [0, 0.1) is 15.9 Å². The molecule has 1 atom stereocenters. The van der Waals surface area contributed by atoms with Gasteiger partial charge in [-0.1, -0.05) is 55.5 Å². The van der Waals surface area contributed by atoms with Crippen molar-refractivity contribution in [1.29, 1.82) is 0 Å². The number of nitrogens with one attached hydrogen (secondary N) is 1. The average molecular weight is 601 g/mol. The predicted octanol–water partition coefficient (Wildman–Crippen LogP) is 3.67. The molecule has 0 bridgehead atoms. The Hall–Kier alpha value is -4.52. The highest BCUT2D eigenvalue weighted by Crippen LogP contribution is 2.34. The lowest BCUT2D eigenvalue weighted by atomic mass is 10.0. The molecule has 3 rings (SSSR count). The second kappa shape index (κ2) is 14.4. The zero-order valence-electron chi connectivity index (χ0n) is 23.5. The molecule has 3 aromatic rings. The van der Waals surface area contributed by atoms with Gasteiger partial charge in [0, 0.05) is 37.2 Å². The number of amides is 2. The molecule has 0 aliphatic heterocycles. The maximum absolute atomic E-state index is 14.8. The first-order valence-electron chi connectivity index (χ1n) is 13.1. The number of hydrogen-bond acceptors (Lipinski definition) is 7. The van der Waals surface area contributed by atoms with E-state index in [0.29, 0.717) is 17.3 Å². The minimum Gasteiger partial charge on any atom is -0.495 e. The summed E-state index contributed by atoms with van der Waals surface area (Å²) in [6, 6.07) is 16.9. The molecule has 2 amide bonds. The van der Waals surface area contributed by atoms with Gasteiger partial charge < -0.3 is 15.0 Å². The quantitative estimate of drug-likeness (QED) is 0.220. The number of nitrogens with zero attached hydrogens (tertiary/aromatic N) is 3. The summed E-state index contributed by atoms with van der Waals surface area (Å²) in [6.07, 6.45) is 1.53. The van der Waals surface area contributed by atoms with Crippen LogP contribution in [0.1, 0.15) is 24.5 Å². The number of sulfonamides is 1. The first-order chi connectivity index (χ1) is 20.0. The van der Waals surface area contributed by atoms with Crippen molar-refractivity contribution >= 4 is 33.2 Å². The van der Waals surface area contributed by atoms with Crippen molar-refractivity contribution in [3.05, 3.63) is 99.9 Å². The smallest absolute Gasteiger partial charge is 0.271 e. The van der Waals surface area contributed by atoms with E-state index in [1.165, 1.54) is 31.4 Å². The number of hydrogen-bond donors (Lipinski definition) is 1. The molecule has 0 radical (unpaired) electrons. The molecule has 3 aromatic carbocycles. The molecule has 13 heteroatoms. The average Bonchev–Trinajstić information content (AvgIpc) is 2.96. The molecule has 0 aliphatic rings. The number of nitro groups is 1. The number of rotatable bonds is 14. The van der Waals surface area contributed by atoms with Crippen LogP contribution in [0.25, 0.3) is 0 Å². The van der Waals surface area contributed by atoms with Gasteiger partial charge >= 0.3 is 0 Å². The van der Waals surface area contributed by atoms with Crippen LogP contribution in [0.4, 0.5) is 15.8 Å². The summed E-state index contributed by atoms with van der Waals surface area (Å²) in [7, 11) is -2.96. The number of ether oxygens (including phenoxy) is 1. The number of benzene rings is 3. The Kier molecular flexibility index (Phi) is 11.0. The highest BCUT2D eigenvalue weighted by Gasteiger charge is 2.34. The Morgan fingerprint density at radius 3 is 2.33 bits per heavy atom. The van der Waals surface area contributed by atoms with Gasteiger partial charge in [-0.15, -0.1) is 0 Å². The molecule has 11 nitrogen and oxygen atoms in total. The lowest BCUT2D eigenvalue weighted by Gasteiger charge is -2.33. The van der Waals surface area contributed by atoms with Crippen molar-refractivity contribution in [2.75, 3.05) is 30.8 Å². The van der Waals surface area contributed by atoms with Gasteiger partial charge in [-0.2, -0.15) is 0 Å². The Morgan fingerprint density at radius 1 is 1.07 bits per heavy atom. The summed E-state index contributed by atoms with van der Waals surface area (Å²) in [5.74, 6) is -1.96. The van der Waals surface area contributed by atoms with Crippen molar-refractivity contribution in [1.82, 2.24) is 10.2 Å². The van der Waals surface area contributed by atoms with E-state index < -0.39 is 50.9 Å². The van der Waals surface area contributed by atoms with Crippen molar-refractivity contribution < 1.29 is 32.1 Å². The Balaban J connectivity index is 2.12. The third-order valence-corrected chi connectivity index (χ3v) is 7.57. The third kappa shape index (κ3) is 8.26. The topological polar surface area (TPSA) is 139 Å². The molecular weight excluding hydrogens is 567 g/mol. The number of nitro benzene ring substituents is 1. The van der Waals surface area contributed by atoms with E-state index in [0.717, 1.165) is 28.9 Å². The normalized spacial score (nSPS) is 11.8. The van der Waals surface area contributed by atoms with Gasteiger partial charge in [0.05, 0.1) is 18.3 Å². The minimum atomic E-state index is -4.21. The van der Waals surface area contributed by atoms with E-state index >= 15 is 0 Å². The van der Waals surface area contributed by atoms with Crippen LogP contribution in [0.2, 0.25) is 0 Å². The number of anilines is 1. The summed E-state index contributed by atoms with van der Waals surface area (Å²) < 4.78 is 46.7. The van der Waals surface area contributed by atoms with Gasteiger partial charge in [-0.3, -0.25) is 24.0 Å². The maximum Gasteiger partial charge on any atom is 0.271 e. The van der Waals surface area contributed by atoms with Gasteiger partial charge in [0.2, 0.25) is 21.8 Å². The van der Waals surface area contributed by atoms with Crippen LogP contribution in [0.5, 0.6) is 5.75 Å². The van der Waals surface area contributed by atoms with Crippen molar-refractivity contribution in [3.63, 3.8) is 0 Å². The number of carbonyl (C=O) groups excluding carboxylic acids is 2. The highest BCUT2D eigenvalue weighted by atomic mass is 32.2. The highest BCUT2D eigenvalue weighted by molar-refractivity contribution is 7.92. The molecule has 0 saturated carbocycles. The Morgan fingerprint density at radius 2 is 1.74 bits per heavy atom. The number of methoxy groups -OCH3 is 1. The van der Waals surface area contributed by atoms with Crippen LogP contribution in [0.15, 0.2) is 72.8 Å². The van der Waals surface area contributed by atoms with Gasteiger partial charge in [-0.05, 0) is 24.1 Å². The zero-order chi connectivity index (χ0) is 30.9. The van der Waals surface area contributed by atoms with Gasteiger partial charge in [-0.25, -0.2) is 12.8 Å². The van der Waals surface area contributed by atoms with Crippen molar-refractivity contribution in [2.45, 2.75) is 32.4 Å². The molecule has 0 fully saturated rings. The molecule has 224 valence electrons. The van der Waals surface area contributed by atoms with E-state index in [-0.39, 0.29) is 30.0 Å². The minimum absolute atomic E-state index is 0.0268. The first kappa shape index (κ1) is 32.0. The summed E-state index contributed by atoms with van der Waals surface area (Å²) in [6.45, 7) is 1.01. The Labute approximate surface area is 244 Å². The molecule has 0 saturated heterocycles. The van der Waals surface area contributed by atoms with E-state index in [9.17, 15) is 32.5 Å². The van der Waals surface area contributed by atoms with Crippen LogP contribution in [-0.2, 0) is 32.6 Å². The molecule has 0 spiro atoms. The molecule has 0 unspecified atom stereocenters. The second-order valence-electron chi connectivity index (χ2n) is 9.49. The van der Waals surface area contributed by atoms with Crippen molar-refractivity contribution in [3.8, 4) is 5.75 Å². The number of non-ortho nitro benzene ring substituents is 1. The van der Waals surface area contributed by atoms with Crippen LogP contribution >= 0.6 is 0 Å². The number of halogens is 1. The van der Waals surface area contributed by atoms with E-state index in [1.807, 2.05) is 6.92 Å². The fraction of sp³-hybridized carbons (Fsp3) is 0.310. The van der Waals surface area contributed by atoms with Crippen LogP contribution in [-0.4, -0.2) is 62.6 Å². The lowest BCUT2D eigenvalue weighted by molar-refractivity contribution is -0.384. The molecule has 0 heterocycles. The fourth-order valence-corrected chi connectivity index (χ4v) is 5.16. The van der Waals surface area contributed by atoms with Crippen LogP contribution in [0.3, 0.4) is 0 Å². The largest absolute Gasteiger partial charge is 0.495 e. The summed E-state index contributed by atoms with van der Waals surface area (Å²) in [5.41, 5.74) is 0.186. The molecular formula is C29H33FN4O7S. The molecule has 42 heavy (non-hydrogen) atoms. The third-order valence-electron chi connectivity index (χ3n) is 6.44. The standard InChI is InChI=1S/C29H33FN4O7S/c1-4-16-31-29(36)26(17-21-10-6-5-7-11-21)32(19-22-12-8-9-13-24(22)30)28(35)20-33(42(3,39)40)25-18-23(34(37)38)14-15-27(25)41-2/h5-15,18,26H,4,16-17,19-20H2,1-3H3,(H,31,36)/t26-/m1/s1. The summed E-state index contributed by atoms with van der Waals surface area (Å²) in [4.78, 5) is 39.4. The molecule has 0 aliphatic carbocycles. The first-order valence-corrected chi connectivity index (χ1v) is 15.0. The van der Waals surface area contributed by atoms with Gasteiger partial charge in [0.1, 0.15) is 29.8 Å². The Bertz CT molecular complexity index is 1520. The van der Waals surface area contributed by atoms with E-state index in [1.54, 1.807) is 36.4 Å². The van der Waals surface area contributed by atoms with Crippen molar-refractivity contribution in [2.24, 2.45) is 0 Å². The van der Waals surface area contributed by atoms with E-state index in [2.05, 4.69) is 5.32 Å². The number of carbonyl (C=O) groups is 2. The van der Waals surface area contributed by atoms with Gasteiger partial charge in [0.15, 0.2) is 0 Å². The van der Waals surface area contributed by atoms with E-state index in [4.69, 9.17) is 4.74 Å². The SMILES string of the molecule is CCCNC(=O)[C@@H](Cc1ccccc1)N(Cc1ccccc1F)C(=O)CN(c1cc([N+](=O)[O-])ccc1OC)S(C)(=O)=O. The van der Waals surface area contributed by atoms with Gasteiger partial charge in [0.25, 0.3) is 5.69 Å². The zero-order valence-corrected chi connectivity index (χ0v) is 24.3. The predicted molar refractivity (Wildman–Crippen MR) is 156 cm³/mol. The monoisotopic (exact) mass is 600 g/mol. The summed E-state index contributed by atoms with van der Waals surface area (Å²) >= 11 is 0. The lowest BCUT2D eigenvalue weighted by Crippen LogP contribution is -2.53.